The molecule has 1 saturated heterocycles. The largest absolute Gasteiger partial charge is 0.356 e. The van der Waals surface area contributed by atoms with E-state index in [1.807, 2.05) is 6.92 Å². The number of likely N-dealkylation sites (N-methyl/N-ethyl adjacent to an activating group) is 1. The lowest BCUT2D eigenvalue weighted by Crippen LogP contribution is -2.30. The maximum absolute atomic E-state index is 5.53. The first-order chi connectivity index (χ1) is 5.22. The van der Waals surface area contributed by atoms with Crippen LogP contribution >= 0.6 is 0 Å². The smallest absolute Gasteiger partial charge is 0.121 e. The third-order valence-corrected chi connectivity index (χ3v) is 2.01. The highest BCUT2D eigenvalue weighted by Gasteiger charge is 2.22. The van der Waals surface area contributed by atoms with Gasteiger partial charge in [-0.3, -0.25) is 0 Å². The predicted molar refractivity (Wildman–Crippen MR) is 44.5 cm³/mol. The van der Waals surface area contributed by atoms with Gasteiger partial charge in [0.25, 0.3) is 0 Å². The van der Waals surface area contributed by atoms with Crippen LogP contribution in [0.5, 0.6) is 0 Å². The van der Waals surface area contributed by atoms with Gasteiger partial charge in [-0.05, 0) is 20.5 Å². The van der Waals surface area contributed by atoms with Gasteiger partial charge >= 0.3 is 0 Å². The summed E-state index contributed by atoms with van der Waals surface area (Å²) in [4.78, 5) is 2.25. The Bertz CT molecular complexity index is 119. The van der Waals surface area contributed by atoms with Gasteiger partial charge in [0.15, 0.2) is 0 Å². The van der Waals surface area contributed by atoms with Gasteiger partial charge in [0.05, 0.1) is 6.10 Å². The average molecular weight is 157 g/mol. The standard InChI is InChI=1S/C8H17N2O/c1-4-10(3)6-8-5-9-7(2)11-8/h7-8H,4-6H2,1-3H3. The minimum absolute atomic E-state index is 0.116. The van der Waals surface area contributed by atoms with Crippen LogP contribution in [-0.2, 0) is 4.74 Å². The van der Waals surface area contributed by atoms with E-state index < -0.39 is 0 Å². The normalized spacial score (nSPS) is 31.6. The summed E-state index contributed by atoms with van der Waals surface area (Å²) in [5.41, 5.74) is 0. The minimum Gasteiger partial charge on any atom is -0.356 e. The quantitative estimate of drug-likeness (QED) is 0.588. The second-order valence-corrected chi connectivity index (χ2v) is 3.08. The van der Waals surface area contributed by atoms with Crippen LogP contribution < -0.4 is 5.32 Å². The van der Waals surface area contributed by atoms with Gasteiger partial charge in [0, 0.05) is 13.1 Å². The Kier molecular flexibility index (Phi) is 3.30. The molecule has 3 heteroatoms. The molecule has 0 aromatic heterocycles. The lowest BCUT2D eigenvalue weighted by atomic mass is 10.3. The number of hydrogen-bond donors (Lipinski definition) is 0. The lowest BCUT2D eigenvalue weighted by Gasteiger charge is -2.17. The van der Waals surface area contributed by atoms with Crippen molar-refractivity contribution in [2.45, 2.75) is 26.2 Å². The highest BCUT2D eigenvalue weighted by molar-refractivity contribution is 4.72. The van der Waals surface area contributed by atoms with Crippen molar-refractivity contribution in [3.8, 4) is 0 Å². The summed E-state index contributed by atoms with van der Waals surface area (Å²) in [7, 11) is 2.10. The fourth-order valence-corrected chi connectivity index (χ4v) is 1.21. The zero-order valence-electron chi connectivity index (χ0n) is 7.58. The van der Waals surface area contributed by atoms with Crippen LogP contribution in [0.4, 0.5) is 0 Å². The zero-order valence-corrected chi connectivity index (χ0v) is 7.58. The molecule has 0 amide bonds. The summed E-state index contributed by atoms with van der Waals surface area (Å²) in [5.74, 6) is 0. The lowest BCUT2D eigenvalue weighted by molar-refractivity contribution is 0.0356. The molecule has 1 fully saturated rings. The highest BCUT2D eigenvalue weighted by atomic mass is 16.5. The molecule has 1 aliphatic rings. The molecule has 0 aliphatic carbocycles. The maximum Gasteiger partial charge on any atom is 0.121 e. The Morgan fingerprint density at radius 3 is 2.82 bits per heavy atom. The van der Waals surface area contributed by atoms with Crippen LogP contribution in [0, 0.1) is 0 Å². The molecule has 1 rings (SSSR count). The number of rotatable bonds is 3. The fraction of sp³-hybridized carbons (Fsp3) is 1.00. The third kappa shape index (κ3) is 2.77. The van der Waals surface area contributed by atoms with Gasteiger partial charge < -0.3 is 9.64 Å². The van der Waals surface area contributed by atoms with Crippen LogP contribution in [0.2, 0.25) is 0 Å². The number of ether oxygens (including phenoxy) is 1. The second-order valence-electron chi connectivity index (χ2n) is 3.08. The van der Waals surface area contributed by atoms with Crippen molar-refractivity contribution in [2.75, 3.05) is 26.7 Å². The molecule has 0 aromatic carbocycles. The molecule has 0 aromatic rings. The monoisotopic (exact) mass is 157 g/mol. The Labute approximate surface area is 68.7 Å². The van der Waals surface area contributed by atoms with E-state index in [0.29, 0.717) is 6.10 Å². The van der Waals surface area contributed by atoms with E-state index in [1.165, 1.54) is 0 Å². The van der Waals surface area contributed by atoms with Crippen LogP contribution in [-0.4, -0.2) is 43.9 Å². The molecule has 65 valence electrons. The predicted octanol–water partition coefficient (Wildman–Crippen LogP) is 0.287. The van der Waals surface area contributed by atoms with E-state index in [9.17, 15) is 0 Å². The molecule has 0 bridgehead atoms. The molecule has 1 heterocycles. The zero-order chi connectivity index (χ0) is 8.27. The Balaban J connectivity index is 2.17. The van der Waals surface area contributed by atoms with E-state index in [1.54, 1.807) is 0 Å². The Morgan fingerprint density at radius 1 is 1.64 bits per heavy atom. The van der Waals surface area contributed by atoms with Gasteiger partial charge in [-0.25, -0.2) is 5.32 Å². The molecule has 0 saturated carbocycles. The van der Waals surface area contributed by atoms with Crippen LogP contribution in [0.3, 0.4) is 0 Å². The summed E-state index contributed by atoms with van der Waals surface area (Å²) in [6.45, 7) is 7.09. The maximum atomic E-state index is 5.53. The second kappa shape index (κ2) is 4.04. The molecule has 0 spiro atoms. The van der Waals surface area contributed by atoms with Gasteiger partial charge in [0.2, 0.25) is 0 Å². The highest BCUT2D eigenvalue weighted by Crippen LogP contribution is 2.06. The first kappa shape index (κ1) is 8.97. The van der Waals surface area contributed by atoms with Gasteiger partial charge in [0.1, 0.15) is 6.23 Å². The third-order valence-electron chi connectivity index (χ3n) is 2.01. The first-order valence-corrected chi connectivity index (χ1v) is 4.23. The average Bonchev–Trinajstić information content (AvgIpc) is 2.35. The topological polar surface area (TPSA) is 26.6 Å². The molecule has 3 nitrogen and oxygen atoms in total. The van der Waals surface area contributed by atoms with E-state index in [-0.39, 0.29) is 6.23 Å². The van der Waals surface area contributed by atoms with Crippen molar-refractivity contribution < 1.29 is 4.74 Å². The van der Waals surface area contributed by atoms with Crippen molar-refractivity contribution in [1.82, 2.24) is 10.2 Å². The van der Waals surface area contributed by atoms with Gasteiger partial charge in [-0.15, -0.1) is 0 Å². The summed E-state index contributed by atoms with van der Waals surface area (Å²) in [6, 6.07) is 0. The van der Waals surface area contributed by atoms with Crippen molar-refractivity contribution in [3.05, 3.63) is 0 Å². The first-order valence-electron chi connectivity index (χ1n) is 4.23. The fourth-order valence-electron chi connectivity index (χ4n) is 1.21. The van der Waals surface area contributed by atoms with E-state index >= 15 is 0 Å². The van der Waals surface area contributed by atoms with E-state index in [0.717, 1.165) is 19.6 Å². The van der Waals surface area contributed by atoms with Crippen molar-refractivity contribution in [1.29, 1.82) is 0 Å². The number of hydrogen-bond acceptors (Lipinski definition) is 2. The molecule has 1 aliphatic heterocycles. The summed E-state index contributed by atoms with van der Waals surface area (Å²) < 4.78 is 5.53. The Morgan fingerprint density at radius 2 is 2.36 bits per heavy atom. The molecule has 11 heavy (non-hydrogen) atoms. The van der Waals surface area contributed by atoms with E-state index in [4.69, 9.17) is 4.74 Å². The van der Waals surface area contributed by atoms with Crippen LogP contribution in [0.1, 0.15) is 13.8 Å². The SMILES string of the molecule is CCN(C)CC1C[N]C(C)O1. The Hall–Kier alpha value is -0.120. The molecule has 0 N–H and O–H groups in total. The van der Waals surface area contributed by atoms with Crippen molar-refractivity contribution in [2.24, 2.45) is 0 Å². The van der Waals surface area contributed by atoms with Gasteiger partial charge in [-0.1, -0.05) is 6.92 Å². The number of nitrogens with zero attached hydrogens (tertiary/aromatic N) is 2. The molecular weight excluding hydrogens is 140 g/mol. The molecule has 2 unspecified atom stereocenters. The van der Waals surface area contributed by atoms with E-state index in [2.05, 4.69) is 24.2 Å². The molecule has 2 atom stereocenters. The van der Waals surface area contributed by atoms with Crippen LogP contribution in [0.25, 0.3) is 0 Å². The summed E-state index contributed by atoms with van der Waals surface area (Å²) in [6.07, 6.45) is 0.445. The molecular formula is C8H17N2O. The minimum atomic E-state index is 0.116. The van der Waals surface area contributed by atoms with Crippen molar-refractivity contribution >= 4 is 0 Å². The van der Waals surface area contributed by atoms with Crippen LogP contribution in [0.15, 0.2) is 0 Å². The molecule has 1 radical (unpaired) electrons. The van der Waals surface area contributed by atoms with Crippen molar-refractivity contribution in [3.63, 3.8) is 0 Å². The summed E-state index contributed by atoms with van der Waals surface area (Å²) >= 11 is 0. The summed E-state index contributed by atoms with van der Waals surface area (Å²) in [5, 5.41) is 4.26. The van der Waals surface area contributed by atoms with Gasteiger partial charge in [-0.2, -0.15) is 0 Å².